The Hall–Kier alpha value is -3.28. The molecule has 0 amide bonds. The summed E-state index contributed by atoms with van der Waals surface area (Å²) in [5, 5.41) is 10.8. The van der Waals surface area contributed by atoms with Gasteiger partial charge in [-0.1, -0.05) is 36.4 Å². The Morgan fingerprint density at radius 2 is 1.92 bits per heavy atom. The molecule has 1 N–H and O–H groups in total. The molecule has 2 aromatic rings. The summed E-state index contributed by atoms with van der Waals surface area (Å²) in [6, 6.07) is 12.7. The molecular formula is C20H16O6. The SMILES string of the molecule is O=C(CCc1ccc2c(c1)OCO2)OC1=c2ccccc2=CC1C(=O)O. The fraction of sp³-hybridized carbons (Fsp3) is 0.200. The third-order valence-corrected chi connectivity index (χ3v) is 4.40. The Kier molecular flexibility index (Phi) is 4.08. The molecule has 6 nitrogen and oxygen atoms in total. The van der Waals surface area contributed by atoms with Gasteiger partial charge < -0.3 is 19.3 Å². The Morgan fingerprint density at radius 1 is 1.12 bits per heavy atom. The molecule has 0 bridgehead atoms. The van der Waals surface area contributed by atoms with Crippen molar-refractivity contribution in [3.05, 3.63) is 58.5 Å². The summed E-state index contributed by atoms with van der Waals surface area (Å²) in [4.78, 5) is 23.8. The van der Waals surface area contributed by atoms with Crippen molar-refractivity contribution in [2.24, 2.45) is 5.92 Å². The zero-order chi connectivity index (χ0) is 18.1. The number of carboxylic acid groups (broad SMARTS) is 1. The van der Waals surface area contributed by atoms with Crippen molar-refractivity contribution >= 4 is 23.8 Å². The second-order valence-electron chi connectivity index (χ2n) is 6.10. The van der Waals surface area contributed by atoms with Gasteiger partial charge in [0, 0.05) is 11.6 Å². The molecule has 0 saturated heterocycles. The number of esters is 1. The molecule has 1 heterocycles. The van der Waals surface area contributed by atoms with E-state index < -0.39 is 17.9 Å². The van der Waals surface area contributed by atoms with E-state index in [9.17, 15) is 14.7 Å². The fourth-order valence-corrected chi connectivity index (χ4v) is 3.11. The van der Waals surface area contributed by atoms with Gasteiger partial charge in [-0.05, 0) is 29.3 Å². The van der Waals surface area contributed by atoms with Crippen LogP contribution < -0.4 is 19.9 Å². The second kappa shape index (κ2) is 6.55. The topological polar surface area (TPSA) is 82.1 Å². The summed E-state index contributed by atoms with van der Waals surface area (Å²) in [6.07, 6.45) is 2.20. The highest BCUT2D eigenvalue weighted by Gasteiger charge is 2.28. The van der Waals surface area contributed by atoms with E-state index >= 15 is 0 Å². The van der Waals surface area contributed by atoms with E-state index in [-0.39, 0.29) is 19.0 Å². The van der Waals surface area contributed by atoms with Crippen molar-refractivity contribution in [1.82, 2.24) is 0 Å². The monoisotopic (exact) mass is 352 g/mol. The number of fused-ring (bicyclic) bond motifs is 2. The van der Waals surface area contributed by atoms with Gasteiger partial charge in [0.15, 0.2) is 11.5 Å². The molecule has 2 aromatic carbocycles. The molecule has 132 valence electrons. The van der Waals surface area contributed by atoms with Gasteiger partial charge in [-0.3, -0.25) is 9.59 Å². The molecule has 6 heteroatoms. The minimum absolute atomic E-state index is 0.137. The number of aryl methyl sites for hydroxylation is 1. The van der Waals surface area contributed by atoms with Crippen LogP contribution in [0.2, 0.25) is 0 Å². The van der Waals surface area contributed by atoms with Gasteiger partial charge in [-0.15, -0.1) is 0 Å². The van der Waals surface area contributed by atoms with Crippen molar-refractivity contribution in [3.8, 4) is 11.5 Å². The minimum atomic E-state index is -1.04. The van der Waals surface area contributed by atoms with Crippen LogP contribution in [0.15, 0.2) is 42.5 Å². The molecule has 0 spiro atoms. The maximum Gasteiger partial charge on any atom is 0.318 e. The normalized spacial score (nSPS) is 16.8. The first-order valence-corrected chi connectivity index (χ1v) is 8.25. The number of rotatable bonds is 5. The van der Waals surface area contributed by atoms with Crippen LogP contribution in [0.3, 0.4) is 0 Å². The standard InChI is InChI=1S/C20H16O6/c21-18(8-6-12-5-7-16-17(9-12)25-11-24-16)26-19-14-4-2-1-3-13(14)10-15(19)20(22)23/h1-5,7,9-10,15H,6,8,11H2,(H,22,23). The number of aliphatic carboxylic acids is 1. The predicted molar refractivity (Wildman–Crippen MR) is 91.7 cm³/mol. The summed E-state index contributed by atoms with van der Waals surface area (Å²) in [7, 11) is 0. The van der Waals surface area contributed by atoms with Gasteiger partial charge in [0.05, 0.1) is 0 Å². The van der Waals surface area contributed by atoms with Crippen LogP contribution in [0.5, 0.6) is 11.5 Å². The zero-order valence-electron chi connectivity index (χ0n) is 13.8. The molecular weight excluding hydrogens is 336 g/mol. The van der Waals surface area contributed by atoms with Crippen LogP contribution in [0.1, 0.15) is 12.0 Å². The Balaban J connectivity index is 1.48. The third kappa shape index (κ3) is 3.01. The lowest BCUT2D eigenvalue weighted by atomic mass is 10.1. The summed E-state index contributed by atoms with van der Waals surface area (Å²) >= 11 is 0. The number of carbonyl (C=O) groups excluding carboxylic acids is 1. The lowest BCUT2D eigenvalue weighted by molar-refractivity contribution is -0.140. The summed E-state index contributed by atoms with van der Waals surface area (Å²) in [5.74, 6) is -0.913. The van der Waals surface area contributed by atoms with E-state index in [1.807, 2.05) is 18.2 Å². The van der Waals surface area contributed by atoms with Crippen molar-refractivity contribution in [2.75, 3.05) is 6.79 Å². The Bertz CT molecular complexity index is 1010. The molecule has 4 rings (SSSR count). The second-order valence-corrected chi connectivity index (χ2v) is 6.10. The number of hydrogen-bond acceptors (Lipinski definition) is 5. The molecule has 26 heavy (non-hydrogen) atoms. The van der Waals surface area contributed by atoms with E-state index in [2.05, 4.69) is 0 Å². The number of carboxylic acids is 1. The first-order chi connectivity index (χ1) is 12.6. The van der Waals surface area contributed by atoms with Gasteiger partial charge in [0.1, 0.15) is 11.7 Å². The fourth-order valence-electron chi connectivity index (χ4n) is 3.11. The van der Waals surface area contributed by atoms with Crippen LogP contribution in [0, 0.1) is 5.92 Å². The Labute approximate surface area is 148 Å². The first kappa shape index (κ1) is 16.2. The average Bonchev–Trinajstić information content (AvgIpc) is 3.24. The van der Waals surface area contributed by atoms with Crippen molar-refractivity contribution in [3.63, 3.8) is 0 Å². The molecule has 1 aliphatic heterocycles. The predicted octanol–water partition coefficient (Wildman–Crippen LogP) is 1.19. The molecule has 1 atom stereocenters. The Morgan fingerprint density at radius 3 is 2.77 bits per heavy atom. The van der Waals surface area contributed by atoms with E-state index in [0.29, 0.717) is 23.1 Å². The number of ether oxygens (including phenoxy) is 3. The minimum Gasteiger partial charge on any atom is -0.480 e. The number of benzene rings is 2. The van der Waals surface area contributed by atoms with E-state index in [1.54, 1.807) is 30.3 Å². The van der Waals surface area contributed by atoms with Crippen LogP contribution in [-0.2, 0) is 20.7 Å². The average molecular weight is 352 g/mol. The summed E-state index contributed by atoms with van der Waals surface area (Å²) in [5.41, 5.74) is 0.921. The highest BCUT2D eigenvalue weighted by Crippen LogP contribution is 2.32. The molecule has 0 radical (unpaired) electrons. The smallest absolute Gasteiger partial charge is 0.318 e. The van der Waals surface area contributed by atoms with Crippen LogP contribution in [-0.4, -0.2) is 23.8 Å². The number of hydrogen-bond donors (Lipinski definition) is 1. The summed E-state index contributed by atoms with van der Waals surface area (Å²) in [6.45, 7) is 0.200. The van der Waals surface area contributed by atoms with Gasteiger partial charge in [-0.2, -0.15) is 0 Å². The molecule has 2 aliphatic rings. The molecule has 1 unspecified atom stereocenters. The lowest BCUT2D eigenvalue weighted by Crippen LogP contribution is -2.24. The zero-order valence-corrected chi connectivity index (χ0v) is 13.8. The van der Waals surface area contributed by atoms with E-state index in [4.69, 9.17) is 14.2 Å². The summed E-state index contributed by atoms with van der Waals surface area (Å²) < 4.78 is 16.0. The van der Waals surface area contributed by atoms with E-state index in [1.165, 1.54) is 0 Å². The third-order valence-electron chi connectivity index (χ3n) is 4.40. The number of carbonyl (C=O) groups is 2. The van der Waals surface area contributed by atoms with Gasteiger partial charge in [0.2, 0.25) is 6.79 Å². The van der Waals surface area contributed by atoms with Crippen LogP contribution in [0.25, 0.3) is 11.8 Å². The largest absolute Gasteiger partial charge is 0.480 e. The van der Waals surface area contributed by atoms with Crippen LogP contribution >= 0.6 is 0 Å². The highest BCUT2D eigenvalue weighted by atomic mass is 16.7. The maximum absolute atomic E-state index is 12.3. The van der Waals surface area contributed by atoms with Gasteiger partial charge in [0.25, 0.3) is 0 Å². The van der Waals surface area contributed by atoms with Gasteiger partial charge in [-0.25, -0.2) is 0 Å². The lowest BCUT2D eigenvalue weighted by Gasteiger charge is -2.10. The molecule has 0 saturated carbocycles. The molecule has 0 aromatic heterocycles. The first-order valence-electron chi connectivity index (χ1n) is 8.25. The highest BCUT2D eigenvalue weighted by molar-refractivity contribution is 5.91. The quantitative estimate of drug-likeness (QED) is 0.814. The van der Waals surface area contributed by atoms with Crippen molar-refractivity contribution in [2.45, 2.75) is 12.8 Å². The molecule has 1 aliphatic carbocycles. The van der Waals surface area contributed by atoms with Crippen LogP contribution in [0.4, 0.5) is 0 Å². The van der Waals surface area contributed by atoms with Crippen molar-refractivity contribution in [1.29, 1.82) is 0 Å². The molecule has 0 fully saturated rings. The maximum atomic E-state index is 12.3. The van der Waals surface area contributed by atoms with Gasteiger partial charge >= 0.3 is 11.9 Å². The van der Waals surface area contributed by atoms with Crippen molar-refractivity contribution < 1.29 is 28.9 Å². The van der Waals surface area contributed by atoms with E-state index in [0.717, 1.165) is 10.8 Å².